The third-order valence-corrected chi connectivity index (χ3v) is 4.16. The van der Waals surface area contributed by atoms with E-state index in [1.807, 2.05) is 56.3 Å². The van der Waals surface area contributed by atoms with Crippen LogP contribution < -0.4 is 5.32 Å². The third kappa shape index (κ3) is 3.28. The largest absolute Gasteiger partial charge is 0.365 e. The quantitative estimate of drug-likeness (QED) is 0.553. The number of benzene rings is 2. The Balaban J connectivity index is 0.00000196. The number of anilines is 1. The minimum atomic E-state index is 0. The number of fused-ring (bicyclic) bond motifs is 1. The molecule has 0 saturated heterocycles. The van der Waals surface area contributed by atoms with Crippen molar-refractivity contribution in [3.8, 4) is 11.4 Å². The van der Waals surface area contributed by atoms with Gasteiger partial charge in [0.1, 0.15) is 11.6 Å². The molecule has 2 aromatic heterocycles. The molecule has 0 aliphatic carbocycles. The van der Waals surface area contributed by atoms with Gasteiger partial charge in [0, 0.05) is 11.9 Å². The topological polar surface area (TPSA) is 63.8 Å². The molecule has 0 radical (unpaired) electrons. The lowest BCUT2D eigenvalue weighted by Gasteiger charge is -2.11. The van der Waals surface area contributed by atoms with Crippen LogP contribution in [-0.4, -0.2) is 15.1 Å². The zero-order valence-corrected chi connectivity index (χ0v) is 14.2. The summed E-state index contributed by atoms with van der Waals surface area (Å²) in [7, 11) is 0. The van der Waals surface area contributed by atoms with Crippen molar-refractivity contribution in [1.29, 1.82) is 0 Å². The Bertz CT molecular complexity index is 1010. The van der Waals surface area contributed by atoms with Crippen molar-refractivity contribution >= 4 is 16.7 Å². The molecule has 0 unspecified atom stereocenters. The lowest BCUT2D eigenvalue weighted by Crippen LogP contribution is -2.04. The Kier molecular flexibility index (Phi) is 4.98. The summed E-state index contributed by atoms with van der Waals surface area (Å²) in [5, 5.41) is 8.46. The van der Waals surface area contributed by atoms with Gasteiger partial charge in [0.05, 0.1) is 16.8 Å². The summed E-state index contributed by atoms with van der Waals surface area (Å²) >= 11 is 0. The summed E-state index contributed by atoms with van der Waals surface area (Å²) in [6.45, 7) is 4.48. The first-order valence-corrected chi connectivity index (χ1v) is 8.20. The first kappa shape index (κ1) is 17.6. The summed E-state index contributed by atoms with van der Waals surface area (Å²) in [5.74, 6) is 2.16. The number of nitrogens with zero attached hydrogens (tertiary/aromatic N) is 3. The van der Waals surface area contributed by atoms with Crippen molar-refractivity contribution in [2.24, 2.45) is 0 Å². The average molecular weight is 346 g/mol. The van der Waals surface area contributed by atoms with Gasteiger partial charge < -0.3 is 9.84 Å². The number of para-hydroxylation sites is 1. The fourth-order valence-corrected chi connectivity index (χ4v) is 2.91. The Hall–Kier alpha value is -3.21. The van der Waals surface area contributed by atoms with E-state index in [0.717, 1.165) is 33.7 Å². The molecule has 0 aliphatic rings. The smallest absolute Gasteiger partial charge is 0.167 e. The maximum Gasteiger partial charge on any atom is 0.167 e. The molecule has 0 amide bonds. The normalized spacial score (nSPS) is 10.5. The number of hydrogen-bond donors (Lipinski definition) is 1. The maximum atomic E-state index is 5.28. The van der Waals surface area contributed by atoms with Gasteiger partial charge in [-0.15, -0.1) is 0 Å². The molecule has 2 aromatic carbocycles. The molecule has 0 bridgehead atoms. The van der Waals surface area contributed by atoms with Gasteiger partial charge in [-0.3, -0.25) is 0 Å². The van der Waals surface area contributed by atoms with Crippen molar-refractivity contribution in [3.05, 3.63) is 71.6 Å². The molecule has 5 nitrogen and oxygen atoms in total. The molecule has 0 aliphatic heterocycles. The van der Waals surface area contributed by atoms with Gasteiger partial charge in [0.25, 0.3) is 0 Å². The average Bonchev–Trinajstić information content (AvgIpc) is 2.99. The fraction of sp³-hybridized carbons (Fsp3) is 0.190. The van der Waals surface area contributed by atoms with Gasteiger partial charge in [0.2, 0.25) is 0 Å². The highest BCUT2D eigenvalue weighted by atomic mass is 16.5. The maximum absolute atomic E-state index is 5.28. The number of hydrogen-bond acceptors (Lipinski definition) is 5. The predicted octanol–water partition coefficient (Wildman–Crippen LogP) is 5.15. The summed E-state index contributed by atoms with van der Waals surface area (Å²) < 4.78 is 5.28. The second-order valence-electron chi connectivity index (χ2n) is 5.95. The Morgan fingerprint density at radius 3 is 2.38 bits per heavy atom. The summed E-state index contributed by atoms with van der Waals surface area (Å²) in [6, 6.07) is 18.2. The van der Waals surface area contributed by atoms with E-state index >= 15 is 0 Å². The van der Waals surface area contributed by atoms with Crippen LogP contribution in [0.5, 0.6) is 0 Å². The molecule has 5 heteroatoms. The van der Waals surface area contributed by atoms with E-state index in [2.05, 4.69) is 22.6 Å². The second kappa shape index (κ2) is 7.35. The molecule has 26 heavy (non-hydrogen) atoms. The number of nitrogens with one attached hydrogen (secondary N) is 1. The van der Waals surface area contributed by atoms with E-state index in [0.29, 0.717) is 12.4 Å². The van der Waals surface area contributed by atoms with Gasteiger partial charge in [-0.05, 0) is 31.5 Å². The van der Waals surface area contributed by atoms with Gasteiger partial charge in [0.15, 0.2) is 5.82 Å². The summed E-state index contributed by atoms with van der Waals surface area (Å²) in [6.07, 6.45) is 0. The standard InChI is InChI=1S/C20H18N4O.CH4/c1-13-18(14(2)25-24-13)20-22-17-11-7-6-10-16(17)19(23-20)21-12-15-8-4-3-5-9-15;/h3-11H,12H2,1-2H3,(H,21,22,23);1H4. The van der Waals surface area contributed by atoms with Crippen LogP contribution in [0.2, 0.25) is 0 Å². The molecular formula is C21H22N4O. The minimum absolute atomic E-state index is 0. The van der Waals surface area contributed by atoms with Crippen LogP contribution in [0.25, 0.3) is 22.3 Å². The molecule has 0 fully saturated rings. The molecule has 1 N–H and O–H groups in total. The van der Waals surface area contributed by atoms with Crippen molar-refractivity contribution in [3.63, 3.8) is 0 Å². The molecule has 0 saturated carbocycles. The monoisotopic (exact) mass is 346 g/mol. The van der Waals surface area contributed by atoms with Crippen LogP contribution in [0.3, 0.4) is 0 Å². The van der Waals surface area contributed by atoms with Crippen LogP contribution in [0.4, 0.5) is 5.82 Å². The molecule has 0 atom stereocenters. The van der Waals surface area contributed by atoms with E-state index in [-0.39, 0.29) is 7.43 Å². The van der Waals surface area contributed by atoms with E-state index in [9.17, 15) is 0 Å². The van der Waals surface area contributed by atoms with Crippen LogP contribution in [0.15, 0.2) is 59.1 Å². The Morgan fingerprint density at radius 1 is 0.923 bits per heavy atom. The van der Waals surface area contributed by atoms with Gasteiger partial charge >= 0.3 is 0 Å². The minimum Gasteiger partial charge on any atom is -0.365 e. The zero-order chi connectivity index (χ0) is 17.2. The summed E-state index contributed by atoms with van der Waals surface area (Å²) in [4.78, 5) is 9.46. The fourth-order valence-electron chi connectivity index (χ4n) is 2.91. The van der Waals surface area contributed by atoms with Gasteiger partial charge in [-0.1, -0.05) is 55.0 Å². The molecule has 4 aromatic rings. The van der Waals surface area contributed by atoms with Crippen molar-refractivity contribution in [2.75, 3.05) is 5.32 Å². The van der Waals surface area contributed by atoms with E-state index < -0.39 is 0 Å². The van der Waals surface area contributed by atoms with Crippen LogP contribution in [0, 0.1) is 13.8 Å². The number of rotatable bonds is 4. The second-order valence-corrected chi connectivity index (χ2v) is 5.95. The van der Waals surface area contributed by atoms with Crippen molar-refractivity contribution < 1.29 is 4.52 Å². The Labute approximate surface area is 153 Å². The van der Waals surface area contributed by atoms with E-state index in [4.69, 9.17) is 14.5 Å². The van der Waals surface area contributed by atoms with Crippen LogP contribution in [-0.2, 0) is 6.54 Å². The van der Waals surface area contributed by atoms with Gasteiger partial charge in [-0.2, -0.15) is 0 Å². The molecule has 2 heterocycles. The molecule has 132 valence electrons. The molecular weight excluding hydrogens is 324 g/mol. The number of aromatic nitrogens is 3. The van der Waals surface area contributed by atoms with Crippen molar-refractivity contribution in [1.82, 2.24) is 15.1 Å². The highest BCUT2D eigenvalue weighted by Gasteiger charge is 2.16. The Morgan fingerprint density at radius 2 is 1.65 bits per heavy atom. The predicted molar refractivity (Wildman–Crippen MR) is 105 cm³/mol. The SMILES string of the molecule is C.Cc1noc(C)c1-c1nc(NCc2ccccc2)c2ccccc2n1. The first-order chi connectivity index (χ1) is 12.2. The molecule has 4 rings (SSSR count). The lowest BCUT2D eigenvalue weighted by atomic mass is 10.1. The summed E-state index contributed by atoms with van der Waals surface area (Å²) in [5.41, 5.74) is 3.74. The first-order valence-electron chi connectivity index (χ1n) is 8.20. The van der Waals surface area contributed by atoms with Crippen LogP contribution in [0.1, 0.15) is 24.4 Å². The van der Waals surface area contributed by atoms with E-state index in [1.54, 1.807) is 0 Å². The number of aryl methyl sites for hydroxylation is 2. The van der Waals surface area contributed by atoms with Gasteiger partial charge in [-0.25, -0.2) is 9.97 Å². The van der Waals surface area contributed by atoms with Crippen molar-refractivity contribution in [2.45, 2.75) is 27.8 Å². The highest BCUT2D eigenvalue weighted by molar-refractivity contribution is 5.90. The zero-order valence-electron chi connectivity index (χ0n) is 14.2. The van der Waals surface area contributed by atoms with Crippen LogP contribution >= 0.6 is 0 Å². The third-order valence-electron chi connectivity index (χ3n) is 4.16. The highest BCUT2D eigenvalue weighted by Crippen LogP contribution is 2.28. The van der Waals surface area contributed by atoms with E-state index in [1.165, 1.54) is 5.56 Å². The molecule has 0 spiro atoms. The lowest BCUT2D eigenvalue weighted by molar-refractivity contribution is 0.393.